The highest BCUT2D eigenvalue weighted by Gasteiger charge is 2.31. The van der Waals surface area contributed by atoms with Crippen LogP contribution in [0.5, 0.6) is 5.75 Å². The SMILES string of the molecule is CCOP(=O)(OCC)Oc1cc(-n2c(Cl)c(C(C)(C)C)oc2=O)c(F)cc1Cl. The summed E-state index contributed by atoms with van der Waals surface area (Å²) in [5, 5.41) is -0.285. The van der Waals surface area contributed by atoms with Crippen molar-refractivity contribution in [3.05, 3.63) is 44.4 Å². The van der Waals surface area contributed by atoms with Crippen molar-refractivity contribution in [2.24, 2.45) is 0 Å². The highest BCUT2D eigenvalue weighted by Crippen LogP contribution is 2.51. The van der Waals surface area contributed by atoms with Gasteiger partial charge in [-0.25, -0.2) is 18.3 Å². The van der Waals surface area contributed by atoms with Crippen LogP contribution < -0.4 is 10.3 Å². The molecule has 11 heteroatoms. The molecule has 0 amide bonds. The Bertz CT molecular complexity index is 956. The molecule has 1 aromatic carbocycles. The van der Waals surface area contributed by atoms with Crippen LogP contribution in [-0.4, -0.2) is 17.8 Å². The van der Waals surface area contributed by atoms with Gasteiger partial charge in [-0.15, -0.1) is 0 Å². The summed E-state index contributed by atoms with van der Waals surface area (Å²) in [6.45, 7) is 8.66. The largest absolute Gasteiger partial charge is 0.530 e. The van der Waals surface area contributed by atoms with E-state index in [0.29, 0.717) is 0 Å². The monoisotopic (exact) mass is 455 g/mol. The molecule has 0 bridgehead atoms. The molecule has 0 N–H and O–H groups in total. The Labute approximate surface area is 171 Å². The molecule has 0 aliphatic rings. The second-order valence-electron chi connectivity index (χ2n) is 6.68. The Morgan fingerprint density at radius 1 is 1.18 bits per heavy atom. The summed E-state index contributed by atoms with van der Waals surface area (Å²) >= 11 is 12.3. The van der Waals surface area contributed by atoms with Gasteiger partial charge in [0.25, 0.3) is 0 Å². The van der Waals surface area contributed by atoms with Gasteiger partial charge in [0.2, 0.25) is 0 Å². The van der Waals surface area contributed by atoms with E-state index in [4.69, 9.17) is 41.2 Å². The number of hydrogen-bond donors (Lipinski definition) is 0. The molecule has 0 unspecified atom stereocenters. The van der Waals surface area contributed by atoms with Gasteiger partial charge in [-0.2, -0.15) is 0 Å². The lowest BCUT2D eigenvalue weighted by molar-refractivity contribution is 0.167. The van der Waals surface area contributed by atoms with Gasteiger partial charge in [0.15, 0.2) is 16.7 Å². The molecule has 0 saturated heterocycles. The number of phosphoric acid groups is 1. The number of halogens is 3. The molecule has 0 atom stereocenters. The first-order valence-electron chi connectivity index (χ1n) is 8.43. The second-order valence-corrected chi connectivity index (χ2v) is 9.04. The van der Waals surface area contributed by atoms with Gasteiger partial charge in [-0.05, 0) is 19.9 Å². The smallest absolute Gasteiger partial charge is 0.410 e. The van der Waals surface area contributed by atoms with Gasteiger partial charge in [0, 0.05) is 11.5 Å². The zero-order chi connectivity index (χ0) is 21.3. The Hall–Kier alpha value is -1.31. The van der Waals surface area contributed by atoms with Gasteiger partial charge in [0.1, 0.15) is 5.82 Å². The van der Waals surface area contributed by atoms with Crippen LogP contribution in [0, 0.1) is 5.82 Å². The fourth-order valence-corrected chi connectivity index (χ4v) is 4.24. The lowest BCUT2D eigenvalue weighted by Gasteiger charge is -2.18. The lowest BCUT2D eigenvalue weighted by atomic mass is 9.94. The van der Waals surface area contributed by atoms with Crippen LogP contribution in [-0.2, 0) is 19.0 Å². The van der Waals surface area contributed by atoms with Gasteiger partial charge in [-0.1, -0.05) is 44.0 Å². The van der Waals surface area contributed by atoms with E-state index in [9.17, 15) is 13.8 Å². The lowest BCUT2D eigenvalue weighted by Crippen LogP contribution is -2.14. The molecule has 1 aromatic heterocycles. The maximum atomic E-state index is 14.6. The Morgan fingerprint density at radius 2 is 1.75 bits per heavy atom. The summed E-state index contributed by atoms with van der Waals surface area (Å²) in [7, 11) is -3.99. The molecule has 28 heavy (non-hydrogen) atoms. The van der Waals surface area contributed by atoms with E-state index in [1.165, 1.54) is 0 Å². The minimum atomic E-state index is -3.99. The first kappa shape index (κ1) is 23.0. The number of rotatable bonds is 7. The number of benzene rings is 1. The van der Waals surface area contributed by atoms with Crippen molar-refractivity contribution in [3.63, 3.8) is 0 Å². The van der Waals surface area contributed by atoms with Crippen molar-refractivity contribution in [3.8, 4) is 11.4 Å². The summed E-state index contributed by atoms with van der Waals surface area (Å²) < 4.78 is 48.6. The fraction of sp³-hybridized carbons (Fsp3) is 0.471. The summed E-state index contributed by atoms with van der Waals surface area (Å²) in [6, 6.07) is 1.98. The van der Waals surface area contributed by atoms with E-state index in [-0.39, 0.29) is 40.6 Å². The molecule has 1 heterocycles. The van der Waals surface area contributed by atoms with Crippen molar-refractivity contribution < 1.29 is 26.9 Å². The molecule has 156 valence electrons. The zero-order valence-corrected chi connectivity index (χ0v) is 18.5. The van der Waals surface area contributed by atoms with Crippen LogP contribution in [0.1, 0.15) is 40.4 Å². The molecule has 0 fully saturated rings. The van der Waals surface area contributed by atoms with E-state index >= 15 is 0 Å². The molecule has 2 aromatic rings. The van der Waals surface area contributed by atoms with E-state index in [1.807, 2.05) is 0 Å². The third-order valence-electron chi connectivity index (χ3n) is 3.46. The van der Waals surface area contributed by atoms with Gasteiger partial charge in [-0.3, -0.25) is 9.05 Å². The molecule has 0 aliphatic heterocycles. The van der Waals surface area contributed by atoms with E-state index < -0.39 is 24.8 Å². The average molecular weight is 456 g/mol. The van der Waals surface area contributed by atoms with E-state index in [1.54, 1.807) is 34.6 Å². The third-order valence-corrected chi connectivity index (χ3v) is 5.67. The normalized spacial score (nSPS) is 12.4. The molecule has 2 rings (SSSR count). The predicted octanol–water partition coefficient (Wildman–Crippen LogP) is 5.73. The summed E-state index contributed by atoms with van der Waals surface area (Å²) in [4.78, 5) is 12.3. The number of aromatic nitrogens is 1. The highest BCUT2D eigenvalue weighted by molar-refractivity contribution is 7.48. The fourth-order valence-electron chi connectivity index (χ4n) is 2.31. The number of phosphoric ester groups is 1. The van der Waals surface area contributed by atoms with Gasteiger partial charge in [0.05, 0.1) is 23.9 Å². The highest BCUT2D eigenvalue weighted by atomic mass is 35.5. The zero-order valence-electron chi connectivity index (χ0n) is 16.0. The summed E-state index contributed by atoms with van der Waals surface area (Å²) in [5.74, 6) is -1.76. The first-order valence-corrected chi connectivity index (χ1v) is 10.6. The number of oxazole rings is 1. The standard InChI is InChI=1S/C17H21Cl2FNO6P/c1-6-24-28(23,25-7-2)27-13-9-12(11(20)8-10(13)18)21-15(19)14(17(3,4)5)26-16(21)22/h8-9H,6-7H2,1-5H3. The Morgan fingerprint density at radius 3 is 2.21 bits per heavy atom. The second kappa shape index (κ2) is 8.59. The maximum absolute atomic E-state index is 14.6. The quantitative estimate of drug-likeness (QED) is 0.495. The van der Waals surface area contributed by atoms with E-state index in [0.717, 1.165) is 16.7 Å². The average Bonchev–Trinajstić information content (AvgIpc) is 2.85. The predicted molar refractivity (Wildman–Crippen MR) is 104 cm³/mol. The Kier molecular flexibility index (Phi) is 7.05. The number of nitrogens with zero attached hydrogens (tertiary/aromatic N) is 1. The molecule has 0 aliphatic carbocycles. The maximum Gasteiger partial charge on any atom is 0.530 e. The molecule has 7 nitrogen and oxygen atoms in total. The van der Waals surface area contributed by atoms with Crippen LogP contribution in [0.3, 0.4) is 0 Å². The van der Waals surface area contributed by atoms with Crippen LogP contribution in [0.4, 0.5) is 4.39 Å². The topological polar surface area (TPSA) is 79.9 Å². The van der Waals surface area contributed by atoms with Crippen LogP contribution in [0.15, 0.2) is 21.3 Å². The van der Waals surface area contributed by atoms with Crippen LogP contribution in [0.25, 0.3) is 5.69 Å². The minimum absolute atomic E-state index is 0.0465. The van der Waals surface area contributed by atoms with E-state index in [2.05, 4.69) is 0 Å². The van der Waals surface area contributed by atoms with Crippen LogP contribution in [0.2, 0.25) is 10.2 Å². The van der Waals surface area contributed by atoms with Crippen LogP contribution >= 0.6 is 31.0 Å². The molecular formula is C17H21Cl2FNO6P. The van der Waals surface area contributed by atoms with Crippen molar-refractivity contribution in [2.45, 2.75) is 40.0 Å². The first-order chi connectivity index (χ1) is 12.9. The van der Waals surface area contributed by atoms with Gasteiger partial charge < -0.3 is 8.94 Å². The van der Waals surface area contributed by atoms with Crippen molar-refractivity contribution in [1.82, 2.24) is 4.57 Å². The van der Waals surface area contributed by atoms with Gasteiger partial charge >= 0.3 is 13.6 Å². The summed E-state index contributed by atoms with van der Waals surface area (Å²) in [5.41, 5.74) is -0.878. The molecule has 0 spiro atoms. The molecule has 0 saturated carbocycles. The minimum Gasteiger partial charge on any atom is -0.410 e. The molecule has 0 radical (unpaired) electrons. The Balaban J connectivity index is 2.61. The third kappa shape index (κ3) is 4.81. The molecular weight excluding hydrogens is 435 g/mol. The van der Waals surface area contributed by atoms with Crippen molar-refractivity contribution in [1.29, 1.82) is 0 Å². The number of hydrogen-bond acceptors (Lipinski definition) is 6. The summed E-state index contributed by atoms with van der Waals surface area (Å²) in [6.07, 6.45) is 0. The van der Waals surface area contributed by atoms with Crippen molar-refractivity contribution >= 4 is 31.0 Å². The van der Waals surface area contributed by atoms with Crippen molar-refractivity contribution in [2.75, 3.05) is 13.2 Å².